The first-order valence-corrected chi connectivity index (χ1v) is 9.29. The van der Waals surface area contributed by atoms with E-state index < -0.39 is 11.9 Å². The van der Waals surface area contributed by atoms with Crippen molar-refractivity contribution in [2.24, 2.45) is 7.05 Å². The summed E-state index contributed by atoms with van der Waals surface area (Å²) in [6.45, 7) is 4.30. The summed E-state index contributed by atoms with van der Waals surface area (Å²) in [7, 11) is 3.87. The van der Waals surface area contributed by atoms with Gasteiger partial charge in [0, 0.05) is 31.4 Å². The maximum atomic E-state index is 13.0. The Bertz CT molecular complexity index is 1100. The van der Waals surface area contributed by atoms with Crippen molar-refractivity contribution in [3.8, 4) is 0 Å². The Morgan fingerprint density at radius 1 is 1.07 bits per heavy atom. The number of rotatable bonds is 3. The van der Waals surface area contributed by atoms with E-state index >= 15 is 0 Å². The number of likely N-dealkylation sites (N-methyl/N-ethyl adjacent to an activating group) is 1. The molecule has 3 heterocycles. The van der Waals surface area contributed by atoms with Crippen LogP contribution < -0.4 is 0 Å². The Morgan fingerprint density at radius 2 is 1.83 bits per heavy atom. The zero-order valence-electron chi connectivity index (χ0n) is 16.7. The molecule has 0 saturated heterocycles. The van der Waals surface area contributed by atoms with Gasteiger partial charge in [0.1, 0.15) is 5.69 Å². The number of nitrogens with zero attached hydrogens (tertiary/aromatic N) is 5. The molecular weight excluding hydrogens is 379 g/mol. The van der Waals surface area contributed by atoms with Gasteiger partial charge in [-0.1, -0.05) is 6.07 Å². The fraction of sp³-hybridized carbons (Fsp3) is 0.333. The largest absolute Gasteiger partial charge is 0.433 e. The van der Waals surface area contributed by atoms with Gasteiger partial charge in [-0.15, -0.1) is 0 Å². The van der Waals surface area contributed by atoms with Crippen LogP contribution in [0.5, 0.6) is 0 Å². The summed E-state index contributed by atoms with van der Waals surface area (Å²) >= 11 is 0. The van der Waals surface area contributed by atoms with Crippen LogP contribution in [0.25, 0.3) is 10.9 Å². The molecule has 0 fully saturated rings. The summed E-state index contributed by atoms with van der Waals surface area (Å²) in [5, 5.41) is 9.61. The van der Waals surface area contributed by atoms with Crippen LogP contribution >= 0.6 is 0 Å². The number of fused-ring (bicyclic) bond motifs is 1. The molecule has 5 nitrogen and oxygen atoms in total. The number of hydrazine groups is 1. The first kappa shape index (κ1) is 19.4. The van der Waals surface area contributed by atoms with Crippen LogP contribution in [0.15, 0.2) is 48.3 Å². The third kappa shape index (κ3) is 3.48. The van der Waals surface area contributed by atoms with Gasteiger partial charge in [-0.25, -0.2) is 5.01 Å². The van der Waals surface area contributed by atoms with E-state index in [-0.39, 0.29) is 6.04 Å². The first-order valence-electron chi connectivity index (χ1n) is 9.29. The highest BCUT2D eigenvalue weighted by Crippen LogP contribution is 2.35. The Hall–Kier alpha value is -2.87. The second kappa shape index (κ2) is 6.88. The van der Waals surface area contributed by atoms with Crippen LogP contribution in [0.2, 0.25) is 0 Å². The molecule has 29 heavy (non-hydrogen) atoms. The van der Waals surface area contributed by atoms with Crippen molar-refractivity contribution in [1.82, 2.24) is 24.8 Å². The second-order valence-electron chi connectivity index (χ2n) is 7.42. The fourth-order valence-electron chi connectivity index (χ4n) is 3.91. The number of pyridine rings is 1. The summed E-state index contributed by atoms with van der Waals surface area (Å²) in [6.07, 6.45) is -1.11. The number of benzene rings is 1. The van der Waals surface area contributed by atoms with Gasteiger partial charge in [0.05, 0.1) is 23.8 Å². The van der Waals surface area contributed by atoms with Crippen molar-refractivity contribution in [1.29, 1.82) is 0 Å². The normalized spacial score (nSPS) is 18.0. The lowest BCUT2D eigenvalue weighted by Crippen LogP contribution is -2.34. The highest BCUT2D eigenvalue weighted by Gasteiger charge is 2.33. The molecule has 0 spiro atoms. The lowest BCUT2D eigenvalue weighted by atomic mass is 10.0. The Morgan fingerprint density at radius 3 is 2.55 bits per heavy atom. The third-order valence-electron chi connectivity index (χ3n) is 5.44. The lowest BCUT2D eigenvalue weighted by molar-refractivity contribution is -0.141. The van der Waals surface area contributed by atoms with Gasteiger partial charge in [0.25, 0.3) is 0 Å². The van der Waals surface area contributed by atoms with Crippen LogP contribution in [-0.4, -0.2) is 31.8 Å². The molecule has 0 amide bonds. The molecule has 1 aliphatic rings. The van der Waals surface area contributed by atoms with Crippen molar-refractivity contribution in [2.75, 3.05) is 7.05 Å². The number of aromatic nitrogens is 3. The van der Waals surface area contributed by atoms with E-state index in [4.69, 9.17) is 0 Å². The van der Waals surface area contributed by atoms with Gasteiger partial charge in [-0.2, -0.15) is 18.3 Å². The van der Waals surface area contributed by atoms with Crippen molar-refractivity contribution < 1.29 is 13.2 Å². The first-order chi connectivity index (χ1) is 13.6. The molecule has 8 heteroatoms. The van der Waals surface area contributed by atoms with Crippen LogP contribution in [0.3, 0.4) is 0 Å². The minimum absolute atomic E-state index is 0.00271. The van der Waals surface area contributed by atoms with E-state index in [9.17, 15) is 13.2 Å². The van der Waals surface area contributed by atoms with E-state index in [2.05, 4.69) is 39.4 Å². The van der Waals surface area contributed by atoms with Crippen LogP contribution in [0.4, 0.5) is 13.2 Å². The molecule has 0 N–H and O–H groups in total. The SMILES string of the molecule is CC1=CC(c2ccc3c(c2)c(C)nn3C)N(C)N1Cc1ccnc(C(F)(F)F)c1. The van der Waals surface area contributed by atoms with Gasteiger partial charge >= 0.3 is 6.18 Å². The highest BCUT2D eigenvalue weighted by atomic mass is 19.4. The summed E-state index contributed by atoms with van der Waals surface area (Å²) in [6, 6.07) is 9.01. The highest BCUT2D eigenvalue weighted by molar-refractivity contribution is 5.82. The van der Waals surface area contributed by atoms with E-state index in [1.807, 2.05) is 37.6 Å². The number of aryl methyl sites for hydroxylation is 2. The molecule has 1 aromatic carbocycles. The van der Waals surface area contributed by atoms with Crippen molar-refractivity contribution >= 4 is 10.9 Å². The maximum Gasteiger partial charge on any atom is 0.433 e. The number of hydrogen-bond acceptors (Lipinski definition) is 4. The molecule has 0 bridgehead atoms. The second-order valence-corrected chi connectivity index (χ2v) is 7.42. The molecule has 0 radical (unpaired) electrons. The monoisotopic (exact) mass is 401 g/mol. The fourth-order valence-corrected chi connectivity index (χ4v) is 3.91. The van der Waals surface area contributed by atoms with E-state index in [0.29, 0.717) is 12.1 Å². The minimum atomic E-state index is -4.45. The summed E-state index contributed by atoms with van der Waals surface area (Å²) < 4.78 is 40.8. The average molecular weight is 401 g/mol. The molecule has 2 aromatic heterocycles. The smallest absolute Gasteiger partial charge is 0.305 e. The Labute approximate surface area is 167 Å². The number of alkyl halides is 3. The third-order valence-corrected chi connectivity index (χ3v) is 5.44. The molecule has 0 aliphatic carbocycles. The zero-order valence-corrected chi connectivity index (χ0v) is 16.7. The summed E-state index contributed by atoms with van der Waals surface area (Å²) in [5.74, 6) is 0. The molecule has 1 unspecified atom stereocenters. The number of allylic oxidation sites excluding steroid dienone is 1. The molecule has 4 rings (SSSR count). The lowest BCUT2D eigenvalue weighted by Gasteiger charge is -2.32. The molecular formula is C21H22F3N5. The topological polar surface area (TPSA) is 37.2 Å². The minimum Gasteiger partial charge on any atom is -0.305 e. The van der Waals surface area contributed by atoms with E-state index in [0.717, 1.165) is 33.9 Å². The van der Waals surface area contributed by atoms with Gasteiger partial charge in [0.15, 0.2) is 0 Å². The van der Waals surface area contributed by atoms with Crippen molar-refractivity contribution in [3.05, 3.63) is 70.8 Å². The number of hydrogen-bond donors (Lipinski definition) is 0. The van der Waals surface area contributed by atoms with E-state index in [1.165, 1.54) is 6.20 Å². The predicted molar refractivity (Wildman–Crippen MR) is 104 cm³/mol. The van der Waals surface area contributed by atoms with Crippen molar-refractivity contribution in [3.63, 3.8) is 0 Å². The summed E-state index contributed by atoms with van der Waals surface area (Å²) in [4.78, 5) is 3.45. The molecule has 0 saturated carbocycles. The molecule has 152 valence electrons. The van der Waals surface area contributed by atoms with Gasteiger partial charge in [0.2, 0.25) is 0 Å². The Kier molecular flexibility index (Phi) is 4.61. The van der Waals surface area contributed by atoms with Gasteiger partial charge < -0.3 is 5.01 Å². The average Bonchev–Trinajstić information content (AvgIpc) is 3.11. The maximum absolute atomic E-state index is 13.0. The standard InChI is InChI=1S/C21H22F3N5/c1-13-9-19(16-5-6-18-17(11-16)14(2)26-27(18)3)28(4)29(13)12-15-7-8-25-20(10-15)21(22,23)24/h5-11,19H,12H2,1-4H3. The molecule has 3 aromatic rings. The van der Waals surface area contributed by atoms with Crippen molar-refractivity contribution in [2.45, 2.75) is 32.6 Å². The van der Waals surface area contributed by atoms with Gasteiger partial charge in [-0.3, -0.25) is 9.67 Å². The summed E-state index contributed by atoms with van der Waals surface area (Å²) in [5.41, 5.74) is 3.84. The molecule has 1 atom stereocenters. The van der Waals surface area contributed by atoms with Gasteiger partial charge in [-0.05, 0) is 55.3 Å². The zero-order chi connectivity index (χ0) is 20.9. The molecule has 1 aliphatic heterocycles. The van der Waals surface area contributed by atoms with Crippen LogP contribution in [0, 0.1) is 6.92 Å². The Balaban J connectivity index is 1.60. The predicted octanol–water partition coefficient (Wildman–Crippen LogP) is 4.60. The quantitative estimate of drug-likeness (QED) is 0.643. The van der Waals surface area contributed by atoms with Crippen LogP contribution in [0.1, 0.15) is 35.5 Å². The number of halogens is 3. The van der Waals surface area contributed by atoms with Crippen LogP contribution in [-0.2, 0) is 19.8 Å². The van der Waals surface area contributed by atoms with E-state index in [1.54, 1.807) is 6.07 Å².